The number of rotatable bonds is 0. The van der Waals surface area contributed by atoms with Gasteiger partial charge in [0.1, 0.15) is 0 Å². The van der Waals surface area contributed by atoms with E-state index in [1.165, 1.54) is 19.3 Å². The van der Waals surface area contributed by atoms with Gasteiger partial charge < -0.3 is 4.74 Å². The predicted octanol–water partition coefficient (Wildman–Crippen LogP) is 1.74. The van der Waals surface area contributed by atoms with Crippen LogP contribution in [0.1, 0.15) is 32.1 Å². The minimum atomic E-state index is 0.0741. The van der Waals surface area contributed by atoms with Gasteiger partial charge in [-0.1, -0.05) is 6.42 Å². The first kappa shape index (κ1) is 7.14. The summed E-state index contributed by atoms with van der Waals surface area (Å²) in [5.41, 5.74) is 0. The lowest BCUT2D eigenvalue weighted by Crippen LogP contribution is -2.17. The second-order valence-corrected chi connectivity index (χ2v) is 3.61. The van der Waals surface area contributed by atoms with Crippen LogP contribution in [0.3, 0.4) is 0 Å². The Kier molecular flexibility index (Phi) is 1.84. The number of fused-ring (bicyclic) bond motifs is 1. The Hall–Kier alpha value is -0.530. The van der Waals surface area contributed by atoms with Gasteiger partial charge >= 0.3 is 5.97 Å². The lowest BCUT2D eigenvalue weighted by molar-refractivity contribution is -0.148. The normalized spacial score (nSPS) is 37.6. The number of carbonyl (C=O) groups is 1. The Morgan fingerprint density at radius 3 is 2.91 bits per heavy atom. The molecule has 2 atom stereocenters. The number of hydrogen-bond acceptors (Lipinski definition) is 2. The Morgan fingerprint density at radius 2 is 2.00 bits per heavy atom. The van der Waals surface area contributed by atoms with Crippen molar-refractivity contribution in [1.82, 2.24) is 0 Å². The summed E-state index contributed by atoms with van der Waals surface area (Å²) in [6.07, 6.45) is 5.83. The highest BCUT2D eigenvalue weighted by molar-refractivity contribution is 5.73. The van der Waals surface area contributed by atoms with Crippen molar-refractivity contribution in [3.8, 4) is 0 Å². The van der Waals surface area contributed by atoms with Crippen LogP contribution in [-0.4, -0.2) is 12.6 Å². The van der Waals surface area contributed by atoms with Crippen molar-refractivity contribution >= 4 is 5.97 Å². The Morgan fingerprint density at radius 1 is 1.18 bits per heavy atom. The van der Waals surface area contributed by atoms with E-state index in [-0.39, 0.29) is 11.9 Å². The van der Waals surface area contributed by atoms with Crippen LogP contribution in [0.5, 0.6) is 0 Å². The average molecular weight is 154 g/mol. The van der Waals surface area contributed by atoms with Crippen LogP contribution in [-0.2, 0) is 9.53 Å². The molecule has 1 saturated heterocycles. The summed E-state index contributed by atoms with van der Waals surface area (Å²) < 4.78 is 5.08. The van der Waals surface area contributed by atoms with E-state index in [0.29, 0.717) is 12.5 Å². The lowest BCUT2D eigenvalue weighted by Gasteiger charge is -2.11. The molecule has 0 amide bonds. The molecule has 0 radical (unpaired) electrons. The molecule has 0 bridgehead atoms. The Labute approximate surface area is 66.9 Å². The summed E-state index contributed by atoms with van der Waals surface area (Å²) in [5.74, 6) is 0.993. The molecular formula is C9H14O2. The van der Waals surface area contributed by atoms with E-state index >= 15 is 0 Å². The molecule has 0 aromatic heterocycles. The van der Waals surface area contributed by atoms with Crippen molar-refractivity contribution in [3.05, 3.63) is 0 Å². The average Bonchev–Trinajstić information content (AvgIpc) is 2.40. The molecule has 1 saturated carbocycles. The topological polar surface area (TPSA) is 26.3 Å². The van der Waals surface area contributed by atoms with Gasteiger partial charge in [-0.25, -0.2) is 0 Å². The van der Waals surface area contributed by atoms with E-state index in [1.54, 1.807) is 0 Å². The van der Waals surface area contributed by atoms with Gasteiger partial charge in [-0.05, 0) is 31.6 Å². The van der Waals surface area contributed by atoms with Crippen LogP contribution >= 0.6 is 0 Å². The largest absolute Gasteiger partial charge is 0.465 e. The summed E-state index contributed by atoms with van der Waals surface area (Å²) in [6.45, 7) is 0.659. The second-order valence-electron chi connectivity index (χ2n) is 3.61. The number of carbonyl (C=O) groups excluding carboxylic acids is 1. The van der Waals surface area contributed by atoms with E-state index in [2.05, 4.69) is 0 Å². The van der Waals surface area contributed by atoms with Crippen LogP contribution in [0.4, 0.5) is 0 Å². The Balaban J connectivity index is 2.09. The monoisotopic (exact) mass is 154 g/mol. The molecule has 2 aliphatic rings. The van der Waals surface area contributed by atoms with Crippen molar-refractivity contribution in [3.63, 3.8) is 0 Å². The van der Waals surface area contributed by atoms with E-state index in [0.717, 1.165) is 12.8 Å². The SMILES string of the molecule is O=C1OCCC[C@@H]2CCC[C@H]12. The molecule has 1 aliphatic carbocycles. The fourth-order valence-electron chi connectivity index (χ4n) is 2.32. The molecule has 0 aromatic rings. The van der Waals surface area contributed by atoms with Gasteiger partial charge in [0.25, 0.3) is 0 Å². The van der Waals surface area contributed by atoms with Gasteiger partial charge in [-0.15, -0.1) is 0 Å². The first-order chi connectivity index (χ1) is 5.38. The highest BCUT2D eigenvalue weighted by Gasteiger charge is 2.35. The predicted molar refractivity (Wildman–Crippen MR) is 41.0 cm³/mol. The van der Waals surface area contributed by atoms with Gasteiger partial charge in [-0.3, -0.25) is 4.79 Å². The van der Waals surface area contributed by atoms with E-state index in [9.17, 15) is 4.79 Å². The van der Waals surface area contributed by atoms with Crippen LogP contribution < -0.4 is 0 Å². The third-order valence-corrected chi connectivity index (χ3v) is 2.93. The van der Waals surface area contributed by atoms with Crippen molar-refractivity contribution in [2.45, 2.75) is 32.1 Å². The van der Waals surface area contributed by atoms with Crippen molar-refractivity contribution in [2.24, 2.45) is 11.8 Å². The molecule has 11 heavy (non-hydrogen) atoms. The minimum absolute atomic E-state index is 0.0741. The van der Waals surface area contributed by atoms with Crippen LogP contribution in [0, 0.1) is 11.8 Å². The van der Waals surface area contributed by atoms with Gasteiger partial charge in [-0.2, -0.15) is 0 Å². The first-order valence-corrected chi connectivity index (χ1v) is 4.54. The van der Waals surface area contributed by atoms with Gasteiger partial charge in [0.05, 0.1) is 12.5 Å². The van der Waals surface area contributed by atoms with Crippen molar-refractivity contribution in [2.75, 3.05) is 6.61 Å². The molecule has 1 heterocycles. The first-order valence-electron chi connectivity index (χ1n) is 4.54. The Bertz CT molecular complexity index is 165. The quantitative estimate of drug-likeness (QED) is 0.497. The molecule has 2 rings (SSSR count). The fourth-order valence-corrected chi connectivity index (χ4v) is 2.32. The molecule has 62 valence electrons. The van der Waals surface area contributed by atoms with E-state index in [4.69, 9.17) is 4.74 Å². The zero-order valence-electron chi connectivity index (χ0n) is 6.71. The molecule has 0 N–H and O–H groups in total. The number of cyclic esters (lactones) is 1. The van der Waals surface area contributed by atoms with Crippen LogP contribution in [0.2, 0.25) is 0 Å². The zero-order chi connectivity index (χ0) is 7.68. The summed E-state index contributed by atoms with van der Waals surface area (Å²) in [4.78, 5) is 11.3. The number of esters is 1. The maximum Gasteiger partial charge on any atom is 0.309 e. The molecule has 2 heteroatoms. The van der Waals surface area contributed by atoms with Crippen LogP contribution in [0.25, 0.3) is 0 Å². The molecule has 1 aliphatic heterocycles. The van der Waals surface area contributed by atoms with Gasteiger partial charge in [0.2, 0.25) is 0 Å². The number of hydrogen-bond donors (Lipinski definition) is 0. The van der Waals surface area contributed by atoms with Crippen LogP contribution in [0.15, 0.2) is 0 Å². The fraction of sp³-hybridized carbons (Fsp3) is 0.889. The smallest absolute Gasteiger partial charge is 0.309 e. The molecule has 2 fully saturated rings. The van der Waals surface area contributed by atoms with Gasteiger partial charge in [0, 0.05) is 0 Å². The highest BCUT2D eigenvalue weighted by Crippen LogP contribution is 2.37. The molecule has 0 unspecified atom stereocenters. The van der Waals surface area contributed by atoms with Gasteiger partial charge in [0.15, 0.2) is 0 Å². The molecule has 0 aromatic carbocycles. The zero-order valence-corrected chi connectivity index (χ0v) is 6.71. The molecule has 0 spiro atoms. The van der Waals surface area contributed by atoms with E-state index in [1.807, 2.05) is 0 Å². The summed E-state index contributed by atoms with van der Waals surface area (Å²) >= 11 is 0. The second kappa shape index (κ2) is 2.84. The minimum Gasteiger partial charge on any atom is -0.465 e. The van der Waals surface area contributed by atoms with Crippen molar-refractivity contribution < 1.29 is 9.53 Å². The third kappa shape index (κ3) is 1.26. The van der Waals surface area contributed by atoms with Crippen molar-refractivity contribution in [1.29, 1.82) is 0 Å². The molecule has 2 nitrogen and oxygen atoms in total. The molecular weight excluding hydrogens is 140 g/mol. The summed E-state index contributed by atoms with van der Waals surface area (Å²) in [6, 6.07) is 0. The lowest BCUT2D eigenvalue weighted by atomic mass is 9.93. The number of ether oxygens (including phenoxy) is 1. The summed E-state index contributed by atoms with van der Waals surface area (Å²) in [7, 11) is 0. The maximum atomic E-state index is 11.3. The maximum absolute atomic E-state index is 11.3. The third-order valence-electron chi connectivity index (χ3n) is 2.93. The summed E-state index contributed by atoms with van der Waals surface area (Å²) in [5, 5.41) is 0. The standard InChI is InChI=1S/C9H14O2/c10-9-8-5-1-3-7(8)4-2-6-11-9/h7-8H,1-6H2/t7-,8-/m0/s1. The van der Waals surface area contributed by atoms with E-state index < -0.39 is 0 Å². The highest BCUT2D eigenvalue weighted by atomic mass is 16.5.